The lowest BCUT2D eigenvalue weighted by Gasteiger charge is -2.45. The van der Waals surface area contributed by atoms with Gasteiger partial charge in [0.05, 0.1) is 24.3 Å². The zero-order valence-corrected chi connectivity index (χ0v) is 23.9. The fraction of sp³-hybridized carbons (Fsp3) is 0.481. The highest BCUT2D eigenvalue weighted by Crippen LogP contribution is 2.55. The second kappa shape index (κ2) is 9.83. The minimum Gasteiger partial charge on any atom is -0.444 e. The molecule has 0 bridgehead atoms. The van der Waals surface area contributed by atoms with Gasteiger partial charge in [0.25, 0.3) is 0 Å². The van der Waals surface area contributed by atoms with Crippen molar-refractivity contribution in [2.75, 3.05) is 18.8 Å². The number of nitrogens with two attached hydrogens (primary N) is 1. The first kappa shape index (κ1) is 28.0. The molecule has 2 fully saturated rings. The third-order valence-electron chi connectivity index (χ3n) is 7.46. The third-order valence-corrected chi connectivity index (χ3v) is 8.39. The van der Waals surface area contributed by atoms with Crippen molar-refractivity contribution in [1.29, 1.82) is 5.26 Å². The first-order valence-electron chi connectivity index (χ1n) is 12.8. The van der Waals surface area contributed by atoms with Crippen LogP contribution in [0.5, 0.6) is 0 Å². The predicted molar refractivity (Wildman–Crippen MR) is 144 cm³/mol. The van der Waals surface area contributed by atoms with Gasteiger partial charge in [0, 0.05) is 29.3 Å². The maximum atomic E-state index is 13.3. The number of alkyl halides is 3. The van der Waals surface area contributed by atoms with Crippen LogP contribution in [0.1, 0.15) is 62.8 Å². The van der Waals surface area contributed by atoms with Gasteiger partial charge in [-0.05, 0) is 73.0 Å². The molecular formula is C27H29BrF3N7O2. The fourth-order valence-corrected chi connectivity index (χ4v) is 6.18. The van der Waals surface area contributed by atoms with E-state index < -0.39 is 17.3 Å². The number of anilines is 1. The van der Waals surface area contributed by atoms with Crippen LogP contribution in [0, 0.1) is 16.7 Å². The number of amides is 1. The Morgan fingerprint density at radius 2 is 2.02 bits per heavy atom. The van der Waals surface area contributed by atoms with Gasteiger partial charge in [0.2, 0.25) is 0 Å². The highest BCUT2D eigenvalue weighted by atomic mass is 79.9. The molecule has 1 aliphatic heterocycles. The standard InChI is InChI=1S/C27H29BrF3N7O2/c1-25(2,3)40-24(39)36-8-7-26(15-36)9-18(10-26)38-23(33)19(11-32)22(35-38)17-12-34-37(14-17)13-16-5-4-6-20(21(16)28)27(29,30)31/h4-6,12,14,18H,7-10,13,15,33H2,1-3H3/t18-,26-. The van der Waals surface area contributed by atoms with Crippen LogP contribution in [0.3, 0.4) is 0 Å². The summed E-state index contributed by atoms with van der Waals surface area (Å²) in [4.78, 5) is 14.3. The van der Waals surface area contributed by atoms with Crippen molar-refractivity contribution in [1.82, 2.24) is 24.5 Å². The molecule has 3 aromatic rings. The van der Waals surface area contributed by atoms with Crippen LogP contribution in [0.4, 0.5) is 23.8 Å². The number of hydrogen-bond acceptors (Lipinski definition) is 6. The van der Waals surface area contributed by atoms with Gasteiger partial charge < -0.3 is 15.4 Å². The molecule has 13 heteroatoms. The molecule has 0 unspecified atom stereocenters. The van der Waals surface area contributed by atoms with Crippen molar-refractivity contribution in [2.45, 2.75) is 64.4 Å². The van der Waals surface area contributed by atoms with Crippen LogP contribution in [0.2, 0.25) is 0 Å². The minimum atomic E-state index is -4.48. The molecule has 2 N–H and O–H groups in total. The number of ether oxygens (including phenoxy) is 1. The van der Waals surface area contributed by atoms with E-state index in [-0.39, 0.29) is 39.9 Å². The fourth-order valence-electron chi connectivity index (χ4n) is 5.57. The number of carbonyl (C=O) groups is 1. The Labute approximate surface area is 237 Å². The van der Waals surface area contributed by atoms with Crippen molar-refractivity contribution >= 4 is 27.8 Å². The van der Waals surface area contributed by atoms with E-state index in [1.54, 1.807) is 21.8 Å². The van der Waals surface area contributed by atoms with Crippen LogP contribution < -0.4 is 5.73 Å². The molecule has 40 heavy (non-hydrogen) atoms. The van der Waals surface area contributed by atoms with Crippen LogP contribution >= 0.6 is 15.9 Å². The van der Waals surface area contributed by atoms with Gasteiger partial charge in [-0.1, -0.05) is 12.1 Å². The average molecular weight is 620 g/mol. The second-order valence-electron chi connectivity index (χ2n) is 11.6. The summed E-state index contributed by atoms with van der Waals surface area (Å²) in [6, 6.07) is 6.08. The lowest BCUT2D eigenvalue weighted by atomic mass is 9.65. The topological polar surface area (TPSA) is 115 Å². The van der Waals surface area contributed by atoms with Gasteiger partial charge in [-0.15, -0.1) is 0 Å². The van der Waals surface area contributed by atoms with E-state index in [1.807, 2.05) is 20.8 Å². The Bertz CT molecular complexity index is 1490. The number of nitrogens with zero attached hydrogens (tertiary/aromatic N) is 6. The third kappa shape index (κ3) is 5.29. The van der Waals surface area contributed by atoms with Crippen LogP contribution in [0.15, 0.2) is 35.1 Å². The van der Waals surface area contributed by atoms with Crippen molar-refractivity contribution in [3.8, 4) is 17.3 Å². The number of rotatable bonds is 4. The van der Waals surface area contributed by atoms with Gasteiger partial charge >= 0.3 is 12.3 Å². The molecule has 1 amide bonds. The summed E-state index contributed by atoms with van der Waals surface area (Å²) >= 11 is 3.08. The number of nitriles is 1. The minimum absolute atomic E-state index is 0.0180. The van der Waals surface area contributed by atoms with E-state index in [4.69, 9.17) is 10.5 Å². The molecule has 1 spiro atoms. The quantitative estimate of drug-likeness (QED) is 0.383. The molecule has 3 heterocycles. The molecule has 1 aromatic carbocycles. The molecule has 9 nitrogen and oxygen atoms in total. The number of carbonyl (C=O) groups excluding carboxylic acids is 1. The number of benzene rings is 1. The average Bonchev–Trinajstić information content (AvgIpc) is 3.55. The Morgan fingerprint density at radius 1 is 1.30 bits per heavy atom. The van der Waals surface area contributed by atoms with Crippen molar-refractivity contribution in [3.63, 3.8) is 0 Å². The van der Waals surface area contributed by atoms with Gasteiger partial charge in [0.15, 0.2) is 0 Å². The first-order valence-corrected chi connectivity index (χ1v) is 13.6. The van der Waals surface area contributed by atoms with Gasteiger partial charge in [0.1, 0.15) is 28.7 Å². The summed E-state index contributed by atoms with van der Waals surface area (Å²) in [5, 5.41) is 18.8. The lowest BCUT2D eigenvalue weighted by molar-refractivity contribution is -0.138. The zero-order valence-electron chi connectivity index (χ0n) is 22.3. The SMILES string of the molecule is CC(C)(C)OC(=O)N1CC[C@]2(C1)C[C@H](n1nc(-c3cnn(Cc4cccc(C(F)(F)F)c4Br)c3)c(C#N)c1N)C2. The molecule has 1 saturated carbocycles. The van der Waals surface area contributed by atoms with Gasteiger partial charge in [-0.25, -0.2) is 9.48 Å². The largest absolute Gasteiger partial charge is 0.444 e. The number of aromatic nitrogens is 4. The predicted octanol–water partition coefficient (Wildman–Crippen LogP) is 5.99. The van der Waals surface area contributed by atoms with Crippen LogP contribution in [-0.4, -0.2) is 49.2 Å². The monoisotopic (exact) mass is 619 g/mol. The molecule has 2 aromatic heterocycles. The maximum Gasteiger partial charge on any atom is 0.417 e. The Kier molecular flexibility index (Phi) is 6.89. The second-order valence-corrected chi connectivity index (χ2v) is 12.4. The molecule has 1 saturated heterocycles. The normalized spacial score (nSPS) is 20.9. The van der Waals surface area contributed by atoms with Gasteiger partial charge in [-0.3, -0.25) is 4.68 Å². The summed E-state index contributed by atoms with van der Waals surface area (Å²) in [5.74, 6) is 0.257. The van der Waals surface area contributed by atoms with E-state index in [9.17, 15) is 23.2 Å². The highest BCUT2D eigenvalue weighted by Gasteiger charge is 2.51. The number of hydrogen-bond donors (Lipinski definition) is 1. The van der Waals surface area contributed by atoms with E-state index in [2.05, 4.69) is 32.2 Å². The number of nitrogen functional groups attached to an aromatic ring is 1. The summed E-state index contributed by atoms with van der Waals surface area (Å²) in [5.41, 5.74) is 6.55. The van der Waals surface area contributed by atoms with Crippen molar-refractivity contribution in [2.24, 2.45) is 5.41 Å². The van der Waals surface area contributed by atoms with E-state index >= 15 is 0 Å². The first-order chi connectivity index (χ1) is 18.7. The summed E-state index contributed by atoms with van der Waals surface area (Å²) < 4.78 is 48.5. The number of halogens is 4. The molecule has 0 atom stereocenters. The summed E-state index contributed by atoms with van der Waals surface area (Å²) in [6.45, 7) is 6.85. The molecule has 1 aliphatic carbocycles. The zero-order chi connectivity index (χ0) is 29.0. The molecule has 2 aliphatic rings. The molecule has 5 rings (SSSR count). The molecule has 212 valence electrons. The number of likely N-dealkylation sites (tertiary alicyclic amines) is 1. The Morgan fingerprint density at radius 3 is 2.67 bits per heavy atom. The van der Waals surface area contributed by atoms with Gasteiger partial charge in [-0.2, -0.15) is 28.6 Å². The smallest absolute Gasteiger partial charge is 0.417 e. The van der Waals surface area contributed by atoms with E-state index in [0.29, 0.717) is 29.9 Å². The van der Waals surface area contributed by atoms with Crippen LogP contribution in [0.25, 0.3) is 11.3 Å². The molecular weight excluding hydrogens is 591 g/mol. The summed E-state index contributed by atoms with van der Waals surface area (Å²) in [6.07, 6.45) is 0.762. The summed E-state index contributed by atoms with van der Waals surface area (Å²) in [7, 11) is 0. The van der Waals surface area contributed by atoms with Crippen molar-refractivity contribution in [3.05, 3.63) is 51.8 Å². The molecule has 0 radical (unpaired) electrons. The van der Waals surface area contributed by atoms with Crippen LogP contribution in [-0.2, 0) is 17.5 Å². The highest BCUT2D eigenvalue weighted by molar-refractivity contribution is 9.10. The van der Waals surface area contributed by atoms with E-state index in [0.717, 1.165) is 25.3 Å². The Hall–Kier alpha value is -3.53. The maximum absolute atomic E-state index is 13.3. The van der Waals surface area contributed by atoms with Crippen molar-refractivity contribution < 1.29 is 22.7 Å². The van der Waals surface area contributed by atoms with E-state index in [1.165, 1.54) is 16.9 Å². The lowest BCUT2D eigenvalue weighted by Crippen LogP contribution is -2.43. The Balaban J connectivity index is 1.31.